The van der Waals surface area contributed by atoms with Gasteiger partial charge in [0.1, 0.15) is 0 Å². The molecule has 0 aromatic carbocycles. The van der Waals surface area contributed by atoms with E-state index in [0.29, 0.717) is 6.54 Å². The highest BCUT2D eigenvalue weighted by Crippen LogP contribution is 2.09. The summed E-state index contributed by atoms with van der Waals surface area (Å²) in [7, 11) is 0. The molecule has 0 unspecified atom stereocenters. The normalized spacial score (nSPS) is 23.6. The Hall–Kier alpha value is -0.610. The number of carbonyl (C=O) groups is 1. The van der Waals surface area contributed by atoms with Crippen LogP contribution in [-0.4, -0.2) is 37.3 Å². The van der Waals surface area contributed by atoms with E-state index in [-0.39, 0.29) is 18.4 Å². The number of hydrogen-bond donors (Lipinski definition) is 3. The maximum Gasteiger partial charge on any atom is 0.224 e. The summed E-state index contributed by atoms with van der Waals surface area (Å²) in [6.45, 7) is 2.18. The number of rotatable bonds is 3. The lowest BCUT2D eigenvalue weighted by Gasteiger charge is -2.21. The smallest absolute Gasteiger partial charge is 0.224 e. The van der Waals surface area contributed by atoms with Crippen molar-refractivity contribution < 1.29 is 9.90 Å². The van der Waals surface area contributed by atoms with Crippen molar-refractivity contribution in [2.24, 2.45) is 5.92 Å². The van der Waals surface area contributed by atoms with E-state index in [4.69, 9.17) is 5.11 Å². The average molecular weight is 172 g/mol. The molecule has 1 aliphatic rings. The fourth-order valence-electron chi connectivity index (χ4n) is 1.40. The molecule has 0 aromatic rings. The van der Waals surface area contributed by atoms with Gasteiger partial charge in [-0.1, -0.05) is 0 Å². The zero-order valence-corrected chi connectivity index (χ0v) is 7.18. The van der Waals surface area contributed by atoms with Crippen molar-refractivity contribution in [3.05, 3.63) is 0 Å². The van der Waals surface area contributed by atoms with Gasteiger partial charge in [-0.05, 0) is 19.4 Å². The first-order valence-corrected chi connectivity index (χ1v) is 4.44. The predicted molar refractivity (Wildman–Crippen MR) is 45.7 cm³/mol. The molecule has 1 atom stereocenters. The fraction of sp³-hybridized carbons (Fsp3) is 0.875. The fourth-order valence-corrected chi connectivity index (χ4v) is 1.40. The SMILES string of the molecule is O=C(NCCO)[C@@H]1CCCNC1. The van der Waals surface area contributed by atoms with Crippen molar-refractivity contribution in [3.8, 4) is 0 Å². The molecule has 0 radical (unpaired) electrons. The number of hydrogen-bond acceptors (Lipinski definition) is 3. The average Bonchev–Trinajstić information content (AvgIpc) is 2.15. The van der Waals surface area contributed by atoms with Gasteiger partial charge in [0, 0.05) is 13.1 Å². The van der Waals surface area contributed by atoms with Crippen LogP contribution < -0.4 is 10.6 Å². The number of nitrogens with one attached hydrogen (secondary N) is 2. The van der Waals surface area contributed by atoms with E-state index in [1.807, 2.05) is 0 Å². The van der Waals surface area contributed by atoms with Crippen LogP contribution in [0.2, 0.25) is 0 Å². The molecule has 0 aliphatic carbocycles. The topological polar surface area (TPSA) is 61.4 Å². The molecule has 1 saturated heterocycles. The Kier molecular flexibility index (Phi) is 4.04. The maximum atomic E-state index is 11.3. The van der Waals surface area contributed by atoms with Crippen molar-refractivity contribution in [2.45, 2.75) is 12.8 Å². The molecule has 1 fully saturated rings. The van der Waals surface area contributed by atoms with Gasteiger partial charge in [-0.15, -0.1) is 0 Å². The summed E-state index contributed by atoms with van der Waals surface area (Å²) in [6, 6.07) is 0. The first kappa shape index (κ1) is 9.48. The second-order valence-electron chi connectivity index (χ2n) is 3.06. The molecule has 12 heavy (non-hydrogen) atoms. The van der Waals surface area contributed by atoms with Crippen LogP contribution in [0.3, 0.4) is 0 Å². The van der Waals surface area contributed by atoms with Gasteiger partial charge in [0.05, 0.1) is 12.5 Å². The van der Waals surface area contributed by atoms with Gasteiger partial charge in [0.2, 0.25) is 5.91 Å². The number of piperidine rings is 1. The van der Waals surface area contributed by atoms with Crippen LogP contribution in [0, 0.1) is 5.92 Å². The third kappa shape index (κ3) is 2.79. The molecule has 0 aromatic heterocycles. The van der Waals surface area contributed by atoms with Gasteiger partial charge >= 0.3 is 0 Å². The van der Waals surface area contributed by atoms with E-state index >= 15 is 0 Å². The molecule has 4 heteroatoms. The zero-order valence-electron chi connectivity index (χ0n) is 7.18. The summed E-state index contributed by atoms with van der Waals surface area (Å²) < 4.78 is 0. The van der Waals surface area contributed by atoms with Crippen LogP contribution in [0.25, 0.3) is 0 Å². The minimum absolute atomic E-state index is 0.0197. The summed E-state index contributed by atoms with van der Waals surface area (Å²) in [4.78, 5) is 11.3. The van der Waals surface area contributed by atoms with Gasteiger partial charge in [0.15, 0.2) is 0 Å². The highest BCUT2D eigenvalue weighted by atomic mass is 16.3. The minimum atomic E-state index is 0.0197. The van der Waals surface area contributed by atoms with E-state index in [2.05, 4.69) is 10.6 Å². The standard InChI is InChI=1S/C8H16N2O2/c11-5-4-10-8(12)7-2-1-3-9-6-7/h7,9,11H,1-6H2,(H,10,12)/t7-/m1/s1. The molecule has 0 saturated carbocycles. The molecule has 0 spiro atoms. The number of amides is 1. The van der Waals surface area contributed by atoms with Crippen LogP contribution >= 0.6 is 0 Å². The summed E-state index contributed by atoms with van der Waals surface area (Å²) in [5.41, 5.74) is 0. The van der Waals surface area contributed by atoms with Gasteiger partial charge in [-0.25, -0.2) is 0 Å². The Morgan fingerprint density at radius 3 is 3.08 bits per heavy atom. The van der Waals surface area contributed by atoms with Crippen molar-refractivity contribution in [1.82, 2.24) is 10.6 Å². The highest BCUT2D eigenvalue weighted by Gasteiger charge is 2.19. The number of carbonyl (C=O) groups excluding carboxylic acids is 1. The molecule has 1 amide bonds. The lowest BCUT2D eigenvalue weighted by molar-refractivity contribution is -0.125. The Labute approximate surface area is 72.3 Å². The van der Waals surface area contributed by atoms with Crippen LogP contribution in [-0.2, 0) is 4.79 Å². The predicted octanol–water partition coefficient (Wildman–Crippen LogP) is -0.905. The van der Waals surface area contributed by atoms with Gasteiger partial charge < -0.3 is 15.7 Å². The summed E-state index contributed by atoms with van der Waals surface area (Å²) in [5, 5.41) is 14.3. The van der Waals surface area contributed by atoms with Crippen LogP contribution in [0.15, 0.2) is 0 Å². The second-order valence-corrected chi connectivity index (χ2v) is 3.06. The van der Waals surface area contributed by atoms with E-state index < -0.39 is 0 Å². The molecule has 3 N–H and O–H groups in total. The zero-order chi connectivity index (χ0) is 8.81. The Balaban J connectivity index is 2.20. The lowest BCUT2D eigenvalue weighted by atomic mass is 9.99. The van der Waals surface area contributed by atoms with E-state index in [1.54, 1.807) is 0 Å². The van der Waals surface area contributed by atoms with E-state index in [0.717, 1.165) is 25.9 Å². The first-order chi connectivity index (χ1) is 5.84. The third-order valence-electron chi connectivity index (χ3n) is 2.08. The van der Waals surface area contributed by atoms with Crippen molar-refractivity contribution in [2.75, 3.05) is 26.2 Å². The Bertz CT molecular complexity index is 144. The molecule has 4 nitrogen and oxygen atoms in total. The van der Waals surface area contributed by atoms with Gasteiger partial charge in [0.25, 0.3) is 0 Å². The van der Waals surface area contributed by atoms with Crippen molar-refractivity contribution in [1.29, 1.82) is 0 Å². The van der Waals surface area contributed by atoms with Crippen LogP contribution in [0.1, 0.15) is 12.8 Å². The molecular weight excluding hydrogens is 156 g/mol. The molecule has 1 heterocycles. The number of aliphatic hydroxyl groups is 1. The molecule has 1 aliphatic heterocycles. The molecule has 1 rings (SSSR count). The quantitative estimate of drug-likeness (QED) is 0.517. The van der Waals surface area contributed by atoms with Gasteiger partial charge in [-0.2, -0.15) is 0 Å². The monoisotopic (exact) mass is 172 g/mol. The largest absolute Gasteiger partial charge is 0.395 e. The van der Waals surface area contributed by atoms with Gasteiger partial charge in [-0.3, -0.25) is 4.79 Å². The number of aliphatic hydroxyl groups excluding tert-OH is 1. The van der Waals surface area contributed by atoms with Crippen LogP contribution in [0.4, 0.5) is 0 Å². The maximum absolute atomic E-state index is 11.3. The second kappa shape index (κ2) is 5.11. The molecule has 0 bridgehead atoms. The summed E-state index contributed by atoms with van der Waals surface area (Å²) >= 11 is 0. The molecular formula is C8H16N2O2. The van der Waals surface area contributed by atoms with Crippen molar-refractivity contribution in [3.63, 3.8) is 0 Å². The first-order valence-electron chi connectivity index (χ1n) is 4.44. The highest BCUT2D eigenvalue weighted by molar-refractivity contribution is 5.78. The summed E-state index contributed by atoms with van der Waals surface area (Å²) in [6.07, 6.45) is 2.03. The minimum Gasteiger partial charge on any atom is -0.395 e. The Morgan fingerprint density at radius 2 is 2.50 bits per heavy atom. The Morgan fingerprint density at radius 1 is 1.67 bits per heavy atom. The summed E-state index contributed by atoms with van der Waals surface area (Å²) in [5.74, 6) is 0.168. The van der Waals surface area contributed by atoms with Crippen molar-refractivity contribution >= 4 is 5.91 Å². The van der Waals surface area contributed by atoms with E-state index in [9.17, 15) is 4.79 Å². The third-order valence-corrected chi connectivity index (χ3v) is 2.08. The van der Waals surface area contributed by atoms with E-state index in [1.165, 1.54) is 0 Å². The lowest BCUT2D eigenvalue weighted by Crippen LogP contribution is -2.41. The van der Waals surface area contributed by atoms with Crippen LogP contribution in [0.5, 0.6) is 0 Å². The molecule has 70 valence electrons.